The molecule has 0 spiro atoms. The fraction of sp³-hybridized carbons (Fsp3) is 0.643. The number of nitrogens with two attached hydrogens (primary N) is 1. The van der Waals surface area contributed by atoms with Gasteiger partial charge in [0.15, 0.2) is 0 Å². The standard InChI is InChI=1S/C14H24N4/c1-12-9-17(2)11-14(5-6-15)18(12)10-13-4-3-7-16-8-13/h3-4,7-8,12,14H,5-6,9-11,15H2,1-2H3. The van der Waals surface area contributed by atoms with Crippen molar-refractivity contribution in [3.8, 4) is 0 Å². The van der Waals surface area contributed by atoms with Crippen molar-refractivity contribution in [1.29, 1.82) is 0 Å². The number of nitrogens with zero attached hydrogens (tertiary/aromatic N) is 3. The molecule has 2 unspecified atom stereocenters. The average Bonchev–Trinajstić information content (AvgIpc) is 2.35. The molecule has 100 valence electrons. The molecule has 0 radical (unpaired) electrons. The second-order valence-corrected chi connectivity index (χ2v) is 5.34. The van der Waals surface area contributed by atoms with E-state index in [1.165, 1.54) is 5.56 Å². The first-order valence-corrected chi connectivity index (χ1v) is 6.74. The molecule has 0 bridgehead atoms. The van der Waals surface area contributed by atoms with Crippen molar-refractivity contribution in [2.24, 2.45) is 5.73 Å². The largest absolute Gasteiger partial charge is 0.330 e. The van der Waals surface area contributed by atoms with Gasteiger partial charge in [0.25, 0.3) is 0 Å². The molecule has 4 heteroatoms. The molecule has 2 heterocycles. The van der Waals surface area contributed by atoms with E-state index in [-0.39, 0.29) is 0 Å². The van der Waals surface area contributed by atoms with Crippen LogP contribution in [0.15, 0.2) is 24.5 Å². The third kappa shape index (κ3) is 3.28. The fourth-order valence-corrected chi connectivity index (χ4v) is 2.89. The molecule has 1 aliphatic rings. The van der Waals surface area contributed by atoms with Gasteiger partial charge in [0, 0.05) is 44.1 Å². The normalized spacial score (nSPS) is 26.4. The third-order valence-electron chi connectivity index (χ3n) is 3.72. The lowest BCUT2D eigenvalue weighted by Crippen LogP contribution is -2.56. The highest BCUT2D eigenvalue weighted by Crippen LogP contribution is 2.19. The number of rotatable bonds is 4. The van der Waals surface area contributed by atoms with E-state index in [2.05, 4.69) is 34.8 Å². The first kappa shape index (κ1) is 13.5. The molecule has 18 heavy (non-hydrogen) atoms. The molecule has 1 fully saturated rings. The summed E-state index contributed by atoms with van der Waals surface area (Å²) in [4.78, 5) is 9.18. The number of pyridine rings is 1. The van der Waals surface area contributed by atoms with Gasteiger partial charge in [0.2, 0.25) is 0 Å². The Kier molecular flexibility index (Phi) is 4.69. The van der Waals surface area contributed by atoms with Crippen LogP contribution in [0.5, 0.6) is 0 Å². The van der Waals surface area contributed by atoms with Crippen LogP contribution in [0.4, 0.5) is 0 Å². The van der Waals surface area contributed by atoms with Crippen molar-refractivity contribution in [1.82, 2.24) is 14.8 Å². The Morgan fingerprint density at radius 1 is 1.44 bits per heavy atom. The van der Waals surface area contributed by atoms with Crippen LogP contribution in [0.1, 0.15) is 18.9 Å². The van der Waals surface area contributed by atoms with Gasteiger partial charge in [-0.2, -0.15) is 0 Å². The molecule has 2 N–H and O–H groups in total. The Hall–Kier alpha value is -0.970. The van der Waals surface area contributed by atoms with Crippen LogP contribution in [0, 0.1) is 0 Å². The molecule has 1 aromatic rings. The number of aromatic nitrogens is 1. The summed E-state index contributed by atoms with van der Waals surface area (Å²) >= 11 is 0. The minimum Gasteiger partial charge on any atom is -0.330 e. The van der Waals surface area contributed by atoms with Gasteiger partial charge in [-0.3, -0.25) is 9.88 Å². The topological polar surface area (TPSA) is 45.4 Å². The van der Waals surface area contributed by atoms with E-state index in [1.807, 2.05) is 18.5 Å². The number of hydrogen-bond donors (Lipinski definition) is 1. The minimum absolute atomic E-state index is 0.559. The average molecular weight is 248 g/mol. The fourth-order valence-electron chi connectivity index (χ4n) is 2.89. The van der Waals surface area contributed by atoms with Crippen LogP contribution < -0.4 is 5.73 Å². The predicted octanol–water partition coefficient (Wildman–Crippen LogP) is 0.935. The summed E-state index contributed by atoms with van der Waals surface area (Å²) in [5, 5.41) is 0. The van der Waals surface area contributed by atoms with Crippen LogP contribution >= 0.6 is 0 Å². The lowest BCUT2D eigenvalue weighted by molar-refractivity contribution is 0.0339. The van der Waals surface area contributed by atoms with Gasteiger partial charge in [0.1, 0.15) is 0 Å². The lowest BCUT2D eigenvalue weighted by atomic mass is 10.0. The molecule has 4 nitrogen and oxygen atoms in total. The molecule has 0 saturated carbocycles. The Balaban J connectivity index is 2.07. The van der Waals surface area contributed by atoms with Crippen molar-refractivity contribution < 1.29 is 0 Å². The molecule has 0 amide bonds. The van der Waals surface area contributed by atoms with Crippen LogP contribution in [0.2, 0.25) is 0 Å². The zero-order valence-corrected chi connectivity index (χ0v) is 11.4. The first-order chi connectivity index (χ1) is 8.70. The van der Waals surface area contributed by atoms with Crippen LogP contribution in [-0.4, -0.2) is 53.5 Å². The van der Waals surface area contributed by atoms with Crippen molar-refractivity contribution in [2.75, 3.05) is 26.7 Å². The molecule has 1 aromatic heterocycles. The molecular weight excluding hydrogens is 224 g/mol. The third-order valence-corrected chi connectivity index (χ3v) is 3.72. The quantitative estimate of drug-likeness (QED) is 0.861. The maximum absolute atomic E-state index is 5.75. The second-order valence-electron chi connectivity index (χ2n) is 5.34. The number of hydrogen-bond acceptors (Lipinski definition) is 4. The highest BCUT2D eigenvalue weighted by atomic mass is 15.3. The zero-order valence-electron chi connectivity index (χ0n) is 11.4. The van der Waals surface area contributed by atoms with E-state index in [9.17, 15) is 0 Å². The molecule has 0 aromatic carbocycles. The Morgan fingerprint density at radius 3 is 2.94 bits per heavy atom. The molecule has 2 atom stereocenters. The van der Waals surface area contributed by atoms with Crippen molar-refractivity contribution >= 4 is 0 Å². The predicted molar refractivity (Wildman–Crippen MR) is 74.2 cm³/mol. The zero-order chi connectivity index (χ0) is 13.0. The van der Waals surface area contributed by atoms with Crippen LogP contribution in [0.25, 0.3) is 0 Å². The first-order valence-electron chi connectivity index (χ1n) is 6.74. The summed E-state index contributed by atoms with van der Waals surface area (Å²) in [5.74, 6) is 0. The lowest BCUT2D eigenvalue weighted by Gasteiger charge is -2.44. The minimum atomic E-state index is 0.559. The monoisotopic (exact) mass is 248 g/mol. The van der Waals surface area contributed by atoms with E-state index in [0.717, 1.165) is 32.6 Å². The number of piperazine rings is 1. The number of likely N-dealkylation sites (N-methyl/N-ethyl adjacent to an activating group) is 1. The summed E-state index contributed by atoms with van der Waals surface area (Å²) in [6, 6.07) is 5.29. The Morgan fingerprint density at radius 2 is 2.28 bits per heavy atom. The SMILES string of the molecule is CC1CN(C)CC(CCN)N1Cc1cccnc1. The van der Waals surface area contributed by atoms with Gasteiger partial charge in [-0.25, -0.2) is 0 Å². The van der Waals surface area contributed by atoms with Crippen LogP contribution in [-0.2, 0) is 6.54 Å². The van der Waals surface area contributed by atoms with Gasteiger partial charge < -0.3 is 10.6 Å². The van der Waals surface area contributed by atoms with E-state index in [1.54, 1.807) is 0 Å². The van der Waals surface area contributed by atoms with Gasteiger partial charge in [-0.15, -0.1) is 0 Å². The summed E-state index contributed by atoms with van der Waals surface area (Å²) in [6.07, 6.45) is 4.85. The van der Waals surface area contributed by atoms with Gasteiger partial charge in [-0.1, -0.05) is 6.07 Å². The molecule has 0 aliphatic carbocycles. The molecule has 2 rings (SSSR count). The maximum Gasteiger partial charge on any atom is 0.0312 e. The maximum atomic E-state index is 5.75. The van der Waals surface area contributed by atoms with E-state index in [4.69, 9.17) is 5.73 Å². The highest BCUT2D eigenvalue weighted by molar-refractivity contribution is 5.09. The Labute approximate surface area is 110 Å². The highest BCUT2D eigenvalue weighted by Gasteiger charge is 2.29. The van der Waals surface area contributed by atoms with E-state index in [0.29, 0.717) is 12.1 Å². The van der Waals surface area contributed by atoms with Crippen molar-refractivity contribution in [2.45, 2.75) is 32.0 Å². The summed E-state index contributed by atoms with van der Waals surface area (Å²) < 4.78 is 0. The van der Waals surface area contributed by atoms with E-state index >= 15 is 0 Å². The van der Waals surface area contributed by atoms with Gasteiger partial charge >= 0.3 is 0 Å². The summed E-state index contributed by atoms with van der Waals surface area (Å²) in [6.45, 7) is 6.28. The molecule has 1 aliphatic heterocycles. The molecular formula is C14H24N4. The Bertz CT molecular complexity index is 354. The van der Waals surface area contributed by atoms with Gasteiger partial charge in [-0.05, 0) is 38.6 Å². The molecule has 1 saturated heterocycles. The van der Waals surface area contributed by atoms with E-state index < -0.39 is 0 Å². The summed E-state index contributed by atoms with van der Waals surface area (Å²) in [5.41, 5.74) is 7.04. The summed E-state index contributed by atoms with van der Waals surface area (Å²) in [7, 11) is 2.20. The smallest absolute Gasteiger partial charge is 0.0312 e. The van der Waals surface area contributed by atoms with Crippen molar-refractivity contribution in [3.05, 3.63) is 30.1 Å². The van der Waals surface area contributed by atoms with Crippen molar-refractivity contribution in [3.63, 3.8) is 0 Å². The van der Waals surface area contributed by atoms with Crippen LogP contribution in [0.3, 0.4) is 0 Å². The van der Waals surface area contributed by atoms with Gasteiger partial charge in [0.05, 0.1) is 0 Å². The second kappa shape index (κ2) is 6.27.